The molecule has 0 bridgehead atoms. The molecule has 0 fully saturated rings. The number of anilines is 1. The Balaban J connectivity index is 1.71. The van der Waals surface area contributed by atoms with E-state index in [0.29, 0.717) is 13.1 Å². The Hall–Kier alpha value is -2.68. The molecule has 1 aromatic carbocycles. The summed E-state index contributed by atoms with van der Waals surface area (Å²) in [5, 5.41) is 15.8. The maximum absolute atomic E-state index is 13.7. The van der Waals surface area contributed by atoms with Gasteiger partial charge in [0, 0.05) is 24.0 Å². The molecular formula is C16H16FN3O4S. The summed E-state index contributed by atoms with van der Waals surface area (Å²) in [6.07, 6.45) is 0.809. The van der Waals surface area contributed by atoms with Crippen LogP contribution < -0.4 is 10.1 Å². The van der Waals surface area contributed by atoms with E-state index < -0.39 is 16.4 Å². The number of carbonyl (C=O) groups excluding carboxylic acids is 1. The second-order valence-corrected chi connectivity index (χ2v) is 6.55. The van der Waals surface area contributed by atoms with Gasteiger partial charge in [-0.2, -0.15) is 0 Å². The van der Waals surface area contributed by atoms with E-state index in [1.165, 1.54) is 18.1 Å². The van der Waals surface area contributed by atoms with Gasteiger partial charge in [-0.1, -0.05) is 0 Å². The van der Waals surface area contributed by atoms with Gasteiger partial charge in [0.25, 0.3) is 5.69 Å². The molecule has 0 spiro atoms. The molecule has 7 nitrogen and oxygen atoms in total. The normalized spacial score (nSPS) is 13.3. The van der Waals surface area contributed by atoms with Crippen LogP contribution in [0, 0.1) is 15.9 Å². The predicted octanol–water partition coefficient (Wildman–Crippen LogP) is 2.80. The largest absolute Gasteiger partial charge is 0.494 e. The van der Waals surface area contributed by atoms with Crippen LogP contribution in [0.15, 0.2) is 23.6 Å². The molecule has 132 valence electrons. The van der Waals surface area contributed by atoms with Gasteiger partial charge in [-0.3, -0.25) is 14.9 Å². The molecule has 2 heterocycles. The summed E-state index contributed by atoms with van der Waals surface area (Å²) in [4.78, 5) is 25.8. The van der Waals surface area contributed by atoms with Crippen LogP contribution >= 0.6 is 11.3 Å². The zero-order chi connectivity index (χ0) is 18.0. The molecule has 1 N–H and O–H groups in total. The first-order chi connectivity index (χ1) is 12.0. The van der Waals surface area contributed by atoms with Crippen LogP contribution in [0.2, 0.25) is 0 Å². The van der Waals surface area contributed by atoms with Crippen molar-refractivity contribution in [3.8, 4) is 5.75 Å². The smallest absolute Gasteiger partial charge is 0.295 e. The van der Waals surface area contributed by atoms with E-state index in [-0.39, 0.29) is 23.9 Å². The van der Waals surface area contributed by atoms with Crippen LogP contribution in [0.5, 0.6) is 5.75 Å². The summed E-state index contributed by atoms with van der Waals surface area (Å²) in [6, 6.07) is 3.97. The number of ether oxygens (including phenoxy) is 1. The maximum atomic E-state index is 13.7. The number of methoxy groups -OCH3 is 1. The van der Waals surface area contributed by atoms with Crippen molar-refractivity contribution in [3.63, 3.8) is 0 Å². The van der Waals surface area contributed by atoms with Crippen LogP contribution in [-0.4, -0.2) is 35.9 Å². The minimum Gasteiger partial charge on any atom is -0.494 e. The average Bonchev–Trinajstić information content (AvgIpc) is 3.07. The Kier molecular flexibility index (Phi) is 4.84. The van der Waals surface area contributed by atoms with Gasteiger partial charge in [0.2, 0.25) is 5.91 Å². The molecule has 0 atom stereocenters. The number of carbonyl (C=O) groups is 1. The lowest BCUT2D eigenvalue weighted by molar-refractivity contribution is -0.384. The molecule has 0 unspecified atom stereocenters. The van der Waals surface area contributed by atoms with Crippen LogP contribution in [0.3, 0.4) is 0 Å². The Morgan fingerprint density at radius 3 is 3.04 bits per heavy atom. The molecule has 0 saturated heterocycles. The standard InChI is InChI=1S/C16H16FN3O4S/c1-24-14-7-12(13(20(22)23)6-11(14)17)18-8-16(21)19-4-2-15-10(9-19)3-5-25-15/h3,5-7,18H,2,4,8-9H2,1H3. The number of rotatable bonds is 5. The van der Waals surface area contributed by atoms with E-state index in [1.54, 1.807) is 16.2 Å². The Morgan fingerprint density at radius 1 is 1.52 bits per heavy atom. The lowest BCUT2D eigenvalue weighted by Crippen LogP contribution is -2.38. The topological polar surface area (TPSA) is 84.7 Å². The zero-order valence-corrected chi connectivity index (χ0v) is 14.3. The van der Waals surface area contributed by atoms with Crippen molar-refractivity contribution in [1.82, 2.24) is 4.90 Å². The fourth-order valence-corrected chi connectivity index (χ4v) is 3.63. The summed E-state index contributed by atoms with van der Waals surface area (Å²) in [5.41, 5.74) is 0.744. The second-order valence-electron chi connectivity index (χ2n) is 5.55. The number of hydrogen-bond donors (Lipinski definition) is 1. The molecule has 0 radical (unpaired) electrons. The van der Waals surface area contributed by atoms with Crippen molar-refractivity contribution in [2.24, 2.45) is 0 Å². The van der Waals surface area contributed by atoms with E-state index in [9.17, 15) is 19.3 Å². The summed E-state index contributed by atoms with van der Waals surface area (Å²) in [5.74, 6) is -1.12. The highest BCUT2D eigenvalue weighted by Gasteiger charge is 2.23. The third-order valence-electron chi connectivity index (χ3n) is 4.06. The summed E-state index contributed by atoms with van der Waals surface area (Å²) >= 11 is 1.68. The van der Waals surface area contributed by atoms with Crippen LogP contribution in [0.25, 0.3) is 0 Å². The molecule has 2 aromatic rings. The summed E-state index contributed by atoms with van der Waals surface area (Å²) in [7, 11) is 1.27. The molecule has 9 heteroatoms. The van der Waals surface area contributed by atoms with Crippen LogP contribution in [0.4, 0.5) is 15.8 Å². The third kappa shape index (κ3) is 3.55. The van der Waals surface area contributed by atoms with Crippen molar-refractivity contribution in [1.29, 1.82) is 0 Å². The number of nitrogens with zero attached hydrogens (tertiary/aromatic N) is 2. The molecule has 0 aliphatic carbocycles. The van der Waals surface area contributed by atoms with E-state index in [1.807, 2.05) is 11.4 Å². The number of hydrogen-bond acceptors (Lipinski definition) is 6. The lowest BCUT2D eigenvalue weighted by Gasteiger charge is -2.27. The molecule has 1 aliphatic rings. The Morgan fingerprint density at radius 2 is 2.32 bits per heavy atom. The minimum atomic E-state index is -0.827. The predicted molar refractivity (Wildman–Crippen MR) is 91.5 cm³/mol. The van der Waals surface area contributed by atoms with Crippen molar-refractivity contribution in [2.45, 2.75) is 13.0 Å². The first-order valence-corrected chi connectivity index (χ1v) is 8.46. The molecular weight excluding hydrogens is 349 g/mol. The first-order valence-electron chi connectivity index (χ1n) is 7.58. The zero-order valence-electron chi connectivity index (χ0n) is 13.5. The number of amides is 1. The number of nitro groups is 1. The summed E-state index contributed by atoms with van der Waals surface area (Å²) in [6.45, 7) is 1.03. The maximum Gasteiger partial charge on any atom is 0.295 e. The highest BCUT2D eigenvalue weighted by Crippen LogP contribution is 2.31. The molecule has 1 aliphatic heterocycles. The molecule has 1 aromatic heterocycles. The van der Waals surface area contributed by atoms with Crippen molar-refractivity contribution < 1.29 is 18.8 Å². The van der Waals surface area contributed by atoms with Crippen molar-refractivity contribution in [2.75, 3.05) is 25.5 Å². The van der Waals surface area contributed by atoms with E-state index in [4.69, 9.17) is 4.74 Å². The van der Waals surface area contributed by atoms with Gasteiger partial charge < -0.3 is 15.0 Å². The molecule has 0 saturated carbocycles. The molecule has 1 amide bonds. The van der Waals surface area contributed by atoms with Crippen molar-refractivity contribution >= 4 is 28.6 Å². The van der Waals surface area contributed by atoms with Gasteiger partial charge in [-0.25, -0.2) is 4.39 Å². The Bertz CT molecular complexity index is 824. The van der Waals surface area contributed by atoms with E-state index in [2.05, 4.69) is 5.32 Å². The number of halogens is 1. The number of nitrogens with one attached hydrogen (secondary N) is 1. The Labute approximate surface area is 147 Å². The minimum absolute atomic E-state index is 0.0461. The molecule has 25 heavy (non-hydrogen) atoms. The second kappa shape index (κ2) is 7.06. The van der Waals surface area contributed by atoms with Crippen LogP contribution in [-0.2, 0) is 17.8 Å². The van der Waals surface area contributed by atoms with Gasteiger partial charge in [-0.05, 0) is 23.4 Å². The fourth-order valence-electron chi connectivity index (χ4n) is 2.74. The lowest BCUT2D eigenvalue weighted by atomic mass is 10.1. The first kappa shape index (κ1) is 17.2. The van der Waals surface area contributed by atoms with Gasteiger partial charge in [0.15, 0.2) is 11.6 Å². The quantitative estimate of drug-likeness (QED) is 0.651. The van der Waals surface area contributed by atoms with Gasteiger partial charge in [-0.15, -0.1) is 11.3 Å². The van der Waals surface area contributed by atoms with E-state index >= 15 is 0 Å². The third-order valence-corrected chi connectivity index (χ3v) is 5.08. The fraction of sp³-hybridized carbons (Fsp3) is 0.312. The highest BCUT2D eigenvalue weighted by atomic mass is 32.1. The van der Waals surface area contributed by atoms with Crippen LogP contribution in [0.1, 0.15) is 10.4 Å². The highest BCUT2D eigenvalue weighted by molar-refractivity contribution is 7.10. The number of benzene rings is 1. The monoisotopic (exact) mass is 365 g/mol. The van der Waals surface area contributed by atoms with Gasteiger partial charge >= 0.3 is 0 Å². The van der Waals surface area contributed by atoms with Gasteiger partial charge in [0.05, 0.1) is 24.6 Å². The van der Waals surface area contributed by atoms with Crippen molar-refractivity contribution in [3.05, 3.63) is 50.0 Å². The number of nitro benzene ring substituents is 1. The molecule has 3 rings (SSSR count). The average molecular weight is 365 g/mol. The SMILES string of the molecule is COc1cc(NCC(=O)N2CCc3sccc3C2)c([N+](=O)[O-])cc1F. The summed E-state index contributed by atoms with van der Waals surface area (Å²) < 4.78 is 18.5. The van der Waals surface area contributed by atoms with E-state index in [0.717, 1.165) is 18.1 Å². The number of thiophene rings is 1. The van der Waals surface area contributed by atoms with Gasteiger partial charge in [0.1, 0.15) is 5.69 Å². The number of fused-ring (bicyclic) bond motifs is 1.